The maximum atomic E-state index is 12.0. The van der Waals surface area contributed by atoms with Crippen molar-refractivity contribution in [2.24, 2.45) is 0 Å². The van der Waals surface area contributed by atoms with Gasteiger partial charge in [-0.3, -0.25) is 0 Å². The second kappa shape index (κ2) is 4.09. The Bertz CT molecular complexity index is 232. The van der Waals surface area contributed by atoms with Crippen molar-refractivity contribution in [1.29, 1.82) is 0 Å². The van der Waals surface area contributed by atoms with Gasteiger partial charge in [0.05, 0.1) is 14.4 Å². The molecule has 0 amide bonds. The van der Waals surface area contributed by atoms with Crippen molar-refractivity contribution < 1.29 is 40.8 Å². The van der Waals surface area contributed by atoms with Crippen LogP contribution in [0.2, 0.25) is 0 Å². The first-order valence-corrected chi connectivity index (χ1v) is 4.53. The van der Waals surface area contributed by atoms with E-state index in [9.17, 15) is 36.3 Å². The summed E-state index contributed by atoms with van der Waals surface area (Å²) >= 11 is 0. The molecule has 0 aliphatic heterocycles. The van der Waals surface area contributed by atoms with Gasteiger partial charge in [0.15, 0.2) is 0 Å². The summed E-state index contributed by atoms with van der Waals surface area (Å²) in [5.74, 6) is -5.07. The summed E-state index contributed by atoms with van der Waals surface area (Å²) in [5, 5.41) is 0. The van der Waals surface area contributed by atoms with E-state index >= 15 is 0 Å². The molecule has 0 aliphatic rings. The van der Waals surface area contributed by atoms with Crippen molar-refractivity contribution in [3.63, 3.8) is 0 Å². The highest BCUT2D eigenvalue weighted by Crippen LogP contribution is 2.39. The zero-order valence-corrected chi connectivity index (χ0v) is 7.28. The molecule has 0 radical (unpaired) electrons. The molecule has 0 rings (SSSR count). The summed E-state index contributed by atoms with van der Waals surface area (Å²) in [6.45, 7) is -1.50. The van der Waals surface area contributed by atoms with Crippen LogP contribution >= 0.6 is 7.82 Å². The molecule has 0 bridgehead atoms. The molecular formula is C4H4F5O4P-2. The molecule has 4 nitrogen and oxygen atoms in total. The molecule has 0 fully saturated rings. The molecule has 0 aromatic heterocycles. The van der Waals surface area contributed by atoms with Gasteiger partial charge in [0.25, 0.3) is 0 Å². The number of hydrogen-bond donors (Lipinski definition) is 0. The summed E-state index contributed by atoms with van der Waals surface area (Å²) in [7, 11) is -5.50. The second-order valence-corrected chi connectivity index (χ2v) is 3.39. The van der Waals surface area contributed by atoms with Gasteiger partial charge in [-0.05, 0) is 0 Å². The van der Waals surface area contributed by atoms with Crippen molar-refractivity contribution >= 4 is 7.82 Å². The Labute approximate surface area is 74.9 Å². The Morgan fingerprint density at radius 3 is 1.86 bits per heavy atom. The third-order valence-electron chi connectivity index (χ3n) is 1.08. The highest BCUT2D eigenvalue weighted by atomic mass is 31.2. The Kier molecular flexibility index (Phi) is 4.02. The molecule has 0 saturated carbocycles. The zero-order valence-electron chi connectivity index (χ0n) is 6.38. The number of halogens is 5. The Morgan fingerprint density at radius 2 is 1.57 bits per heavy atom. The number of rotatable bonds is 4. The van der Waals surface area contributed by atoms with Crippen LogP contribution < -0.4 is 9.79 Å². The van der Waals surface area contributed by atoms with Gasteiger partial charge in [-0.25, -0.2) is 0 Å². The molecule has 14 heavy (non-hydrogen) atoms. The lowest BCUT2D eigenvalue weighted by molar-refractivity contribution is -0.343. The Morgan fingerprint density at radius 1 is 1.14 bits per heavy atom. The van der Waals surface area contributed by atoms with Crippen molar-refractivity contribution in [2.75, 3.05) is 6.61 Å². The smallest absolute Gasteiger partial charge is 0.453 e. The fourth-order valence-corrected chi connectivity index (χ4v) is 0.742. The van der Waals surface area contributed by atoms with Gasteiger partial charge in [-0.15, -0.1) is 0 Å². The monoisotopic (exact) mass is 242 g/mol. The van der Waals surface area contributed by atoms with Gasteiger partial charge < -0.3 is 18.9 Å². The maximum Gasteiger partial charge on any atom is 0.453 e. The average Bonchev–Trinajstić information content (AvgIpc) is 1.80. The minimum Gasteiger partial charge on any atom is -0.790 e. The molecule has 0 N–H and O–H groups in total. The summed E-state index contributed by atoms with van der Waals surface area (Å²) in [5.41, 5.74) is 0. The second-order valence-electron chi connectivity index (χ2n) is 2.23. The number of hydrogen-bond acceptors (Lipinski definition) is 4. The van der Waals surface area contributed by atoms with Gasteiger partial charge in [0.2, 0.25) is 0 Å². The molecule has 0 saturated heterocycles. The van der Waals surface area contributed by atoms with Gasteiger partial charge in [0.1, 0.15) is 0 Å². The molecule has 0 aromatic carbocycles. The number of phosphoric acid groups is 1. The molecule has 0 unspecified atom stereocenters. The predicted molar refractivity (Wildman–Crippen MR) is 29.2 cm³/mol. The Balaban J connectivity index is 4.08. The number of alkyl halides is 5. The van der Waals surface area contributed by atoms with Crippen LogP contribution in [-0.4, -0.2) is 18.7 Å². The van der Waals surface area contributed by atoms with Crippen molar-refractivity contribution in [1.82, 2.24) is 0 Å². The lowest BCUT2D eigenvalue weighted by atomic mass is 10.2. The van der Waals surface area contributed by atoms with E-state index in [0.717, 1.165) is 0 Å². The standard InChI is InChI=1S/C4H6F5O4P/c5-3(6,4(7,8)9)1-2-13-14(10,11)12/h1-2H2,(H2,10,11,12)/p-2. The molecule has 0 heterocycles. The molecule has 0 atom stereocenters. The maximum absolute atomic E-state index is 12.0. The largest absolute Gasteiger partial charge is 0.790 e. The normalized spacial score (nSPS) is 14.5. The van der Waals surface area contributed by atoms with Crippen molar-refractivity contribution in [2.45, 2.75) is 18.5 Å². The SMILES string of the molecule is O=P([O-])([O-])OCCC(F)(F)C(F)(F)F. The molecular weight excluding hydrogens is 238 g/mol. The third kappa shape index (κ3) is 4.85. The van der Waals surface area contributed by atoms with Crippen LogP contribution in [0.1, 0.15) is 6.42 Å². The zero-order chi connectivity index (χ0) is 11.6. The summed E-state index contributed by atoms with van der Waals surface area (Å²) in [4.78, 5) is 19.4. The molecule has 0 aromatic rings. The van der Waals surface area contributed by atoms with Crippen LogP contribution in [-0.2, 0) is 9.09 Å². The highest BCUT2D eigenvalue weighted by molar-refractivity contribution is 7.43. The van der Waals surface area contributed by atoms with Crippen LogP contribution in [0.5, 0.6) is 0 Å². The fourth-order valence-electron chi connectivity index (χ4n) is 0.427. The van der Waals surface area contributed by atoms with Crippen LogP contribution in [0.4, 0.5) is 22.0 Å². The van der Waals surface area contributed by atoms with Crippen LogP contribution in [0.15, 0.2) is 0 Å². The molecule has 0 spiro atoms. The molecule has 86 valence electrons. The minimum absolute atomic E-state index is 1.50. The van der Waals surface area contributed by atoms with E-state index < -0.39 is 32.9 Å². The van der Waals surface area contributed by atoms with Gasteiger partial charge in [-0.2, -0.15) is 22.0 Å². The van der Waals surface area contributed by atoms with Crippen molar-refractivity contribution in [3.8, 4) is 0 Å². The minimum atomic E-state index is -5.79. The number of phosphoric ester groups is 1. The summed E-state index contributed by atoms with van der Waals surface area (Å²) < 4.78 is 71.2. The highest BCUT2D eigenvalue weighted by Gasteiger charge is 2.56. The topological polar surface area (TPSA) is 72.4 Å². The van der Waals surface area contributed by atoms with Gasteiger partial charge in [-0.1, -0.05) is 0 Å². The van der Waals surface area contributed by atoms with E-state index in [2.05, 4.69) is 4.52 Å². The van der Waals surface area contributed by atoms with Crippen LogP contribution in [0, 0.1) is 0 Å². The lowest BCUT2D eigenvalue weighted by Crippen LogP contribution is -2.37. The van der Waals surface area contributed by atoms with E-state index in [1.54, 1.807) is 0 Å². The first-order chi connectivity index (χ1) is 5.96. The van der Waals surface area contributed by atoms with E-state index in [4.69, 9.17) is 0 Å². The first kappa shape index (κ1) is 13.8. The van der Waals surface area contributed by atoms with E-state index in [1.165, 1.54) is 0 Å². The molecule has 10 heteroatoms. The first-order valence-electron chi connectivity index (χ1n) is 3.07. The van der Waals surface area contributed by atoms with E-state index in [1.807, 2.05) is 0 Å². The summed E-state index contributed by atoms with van der Waals surface area (Å²) in [6, 6.07) is 0. The van der Waals surface area contributed by atoms with Crippen LogP contribution in [0.25, 0.3) is 0 Å². The third-order valence-corrected chi connectivity index (χ3v) is 1.58. The van der Waals surface area contributed by atoms with E-state index in [0.29, 0.717) is 0 Å². The van der Waals surface area contributed by atoms with Gasteiger partial charge in [0, 0.05) is 6.42 Å². The molecule has 0 aliphatic carbocycles. The lowest BCUT2D eigenvalue weighted by Gasteiger charge is -2.29. The van der Waals surface area contributed by atoms with E-state index in [-0.39, 0.29) is 0 Å². The van der Waals surface area contributed by atoms with Crippen molar-refractivity contribution in [3.05, 3.63) is 0 Å². The summed E-state index contributed by atoms with van der Waals surface area (Å²) in [6.07, 6.45) is -7.70. The Hall–Kier alpha value is -0.240. The van der Waals surface area contributed by atoms with Gasteiger partial charge >= 0.3 is 12.1 Å². The average molecular weight is 242 g/mol. The fraction of sp³-hybridized carbons (Fsp3) is 1.00. The quantitative estimate of drug-likeness (QED) is 0.529. The predicted octanol–water partition coefficient (Wildman–Crippen LogP) is 0.419. The van der Waals surface area contributed by atoms with Crippen LogP contribution in [0.3, 0.4) is 0 Å².